The molecule has 4 nitrogen and oxygen atoms in total. The molecule has 0 atom stereocenters. The Hall–Kier alpha value is -1.20. The quantitative estimate of drug-likeness (QED) is 0.913. The lowest BCUT2D eigenvalue weighted by atomic mass is 10.1. The molecule has 1 heterocycles. The molecule has 0 bridgehead atoms. The van der Waals surface area contributed by atoms with Crippen LogP contribution in [0, 0.1) is 0 Å². The van der Waals surface area contributed by atoms with Crippen LogP contribution in [-0.2, 0) is 17.3 Å². The Balaban J connectivity index is 1.91. The van der Waals surface area contributed by atoms with Gasteiger partial charge < -0.3 is 5.32 Å². The Morgan fingerprint density at radius 1 is 1.25 bits per heavy atom. The predicted octanol–water partition coefficient (Wildman–Crippen LogP) is 1.39. The highest BCUT2D eigenvalue weighted by molar-refractivity contribution is 7.85. The average Bonchev–Trinajstić information content (AvgIpc) is 2.41. The van der Waals surface area contributed by atoms with E-state index in [1.165, 1.54) is 5.56 Å². The number of carbonyl (C=O) groups is 1. The van der Waals surface area contributed by atoms with Gasteiger partial charge in [0.25, 0.3) is 5.91 Å². The molecular weight excluding hydrogens is 272 g/mol. The summed E-state index contributed by atoms with van der Waals surface area (Å²) in [6.07, 6.45) is 0. The molecule has 2 rings (SSSR count). The van der Waals surface area contributed by atoms with Gasteiger partial charge in [0, 0.05) is 53.5 Å². The van der Waals surface area contributed by atoms with Crippen LogP contribution in [0.15, 0.2) is 24.3 Å². The van der Waals surface area contributed by atoms with Gasteiger partial charge in [0.15, 0.2) is 0 Å². The van der Waals surface area contributed by atoms with Crippen molar-refractivity contribution in [2.75, 3.05) is 24.6 Å². The SMILES string of the molecule is CC(C)NC(=O)c1ccc(CN2CCS(=O)CC2)cc1. The van der Waals surface area contributed by atoms with E-state index in [2.05, 4.69) is 10.2 Å². The van der Waals surface area contributed by atoms with Crippen LogP contribution in [0.3, 0.4) is 0 Å². The molecule has 0 spiro atoms. The molecule has 0 aromatic heterocycles. The van der Waals surface area contributed by atoms with Crippen molar-refractivity contribution in [3.63, 3.8) is 0 Å². The van der Waals surface area contributed by atoms with Crippen molar-refractivity contribution in [3.8, 4) is 0 Å². The first kappa shape index (κ1) is 15.2. The van der Waals surface area contributed by atoms with Gasteiger partial charge in [-0.2, -0.15) is 0 Å². The zero-order valence-electron chi connectivity index (χ0n) is 12.1. The fourth-order valence-corrected chi connectivity index (χ4v) is 3.33. The van der Waals surface area contributed by atoms with Crippen molar-refractivity contribution in [2.24, 2.45) is 0 Å². The van der Waals surface area contributed by atoms with Gasteiger partial charge in [-0.25, -0.2) is 0 Å². The minimum Gasteiger partial charge on any atom is -0.350 e. The molecule has 0 saturated carbocycles. The predicted molar refractivity (Wildman–Crippen MR) is 82.2 cm³/mol. The van der Waals surface area contributed by atoms with Gasteiger partial charge in [-0.3, -0.25) is 13.9 Å². The van der Waals surface area contributed by atoms with E-state index in [1.54, 1.807) is 0 Å². The van der Waals surface area contributed by atoms with Crippen LogP contribution in [0.2, 0.25) is 0 Å². The van der Waals surface area contributed by atoms with Crippen LogP contribution in [0.5, 0.6) is 0 Å². The van der Waals surface area contributed by atoms with Crippen molar-refractivity contribution in [3.05, 3.63) is 35.4 Å². The minimum atomic E-state index is -0.629. The number of amides is 1. The molecule has 110 valence electrons. The summed E-state index contributed by atoms with van der Waals surface area (Å²) >= 11 is 0. The largest absolute Gasteiger partial charge is 0.350 e. The van der Waals surface area contributed by atoms with Gasteiger partial charge in [-0.05, 0) is 31.5 Å². The van der Waals surface area contributed by atoms with Crippen molar-refractivity contribution in [1.29, 1.82) is 0 Å². The van der Waals surface area contributed by atoms with Gasteiger partial charge in [-0.15, -0.1) is 0 Å². The molecule has 0 radical (unpaired) electrons. The van der Waals surface area contributed by atoms with Gasteiger partial charge in [0.05, 0.1) is 0 Å². The summed E-state index contributed by atoms with van der Waals surface area (Å²) in [7, 11) is -0.629. The molecule has 1 aliphatic heterocycles. The van der Waals surface area contributed by atoms with E-state index in [0.717, 1.165) is 31.1 Å². The number of carbonyl (C=O) groups excluding carboxylic acids is 1. The topological polar surface area (TPSA) is 49.4 Å². The van der Waals surface area contributed by atoms with E-state index in [0.29, 0.717) is 5.56 Å². The van der Waals surface area contributed by atoms with E-state index in [1.807, 2.05) is 38.1 Å². The molecule has 0 unspecified atom stereocenters. The molecule has 1 N–H and O–H groups in total. The highest BCUT2D eigenvalue weighted by atomic mass is 32.2. The standard InChI is InChI=1S/C15H22N2O2S/c1-12(2)16-15(18)14-5-3-13(4-6-14)11-17-7-9-20(19)10-8-17/h3-6,12H,7-11H2,1-2H3,(H,16,18). The van der Waals surface area contributed by atoms with Crippen molar-refractivity contribution >= 4 is 16.7 Å². The fraction of sp³-hybridized carbons (Fsp3) is 0.533. The lowest BCUT2D eigenvalue weighted by Crippen LogP contribution is -2.37. The first-order valence-corrected chi connectivity index (χ1v) is 8.50. The third-order valence-electron chi connectivity index (χ3n) is 3.31. The third-order valence-corrected chi connectivity index (χ3v) is 4.59. The second kappa shape index (κ2) is 6.99. The zero-order chi connectivity index (χ0) is 14.5. The third kappa shape index (κ3) is 4.42. The van der Waals surface area contributed by atoms with E-state index < -0.39 is 10.8 Å². The summed E-state index contributed by atoms with van der Waals surface area (Å²) in [4.78, 5) is 14.1. The molecule has 5 heteroatoms. The highest BCUT2D eigenvalue weighted by Gasteiger charge is 2.15. The van der Waals surface area contributed by atoms with Crippen LogP contribution in [0.25, 0.3) is 0 Å². The lowest BCUT2D eigenvalue weighted by molar-refractivity contribution is 0.0943. The Bertz CT molecular complexity index is 475. The normalized spacial score (nSPS) is 17.4. The Kier molecular flexibility index (Phi) is 5.31. The van der Waals surface area contributed by atoms with E-state index >= 15 is 0 Å². The number of benzene rings is 1. The summed E-state index contributed by atoms with van der Waals surface area (Å²) < 4.78 is 11.3. The summed E-state index contributed by atoms with van der Waals surface area (Å²) in [6, 6.07) is 7.89. The van der Waals surface area contributed by atoms with E-state index in [4.69, 9.17) is 0 Å². The van der Waals surface area contributed by atoms with Gasteiger partial charge >= 0.3 is 0 Å². The molecule has 1 aromatic carbocycles. The average molecular weight is 294 g/mol. The molecular formula is C15H22N2O2S. The monoisotopic (exact) mass is 294 g/mol. The molecule has 1 aliphatic rings. The number of rotatable bonds is 4. The van der Waals surface area contributed by atoms with Crippen molar-refractivity contribution in [2.45, 2.75) is 26.4 Å². The second-order valence-corrected chi connectivity index (χ2v) is 7.15. The van der Waals surface area contributed by atoms with Crippen LogP contribution in [0.4, 0.5) is 0 Å². The molecule has 1 amide bonds. The maximum Gasteiger partial charge on any atom is 0.251 e. The molecule has 1 aromatic rings. The molecule has 1 fully saturated rings. The van der Waals surface area contributed by atoms with Gasteiger partial charge in [-0.1, -0.05) is 12.1 Å². The Morgan fingerprint density at radius 3 is 2.40 bits per heavy atom. The van der Waals surface area contributed by atoms with Crippen LogP contribution in [0.1, 0.15) is 29.8 Å². The summed E-state index contributed by atoms with van der Waals surface area (Å²) in [5, 5.41) is 2.88. The molecule has 0 aliphatic carbocycles. The fourth-order valence-electron chi connectivity index (χ4n) is 2.20. The minimum absolute atomic E-state index is 0.0279. The Morgan fingerprint density at radius 2 is 1.85 bits per heavy atom. The first-order valence-electron chi connectivity index (χ1n) is 7.02. The lowest BCUT2D eigenvalue weighted by Gasteiger charge is -2.26. The molecule has 1 saturated heterocycles. The van der Waals surface area contributed by atoms with Crippen LogP contribution >= 0.6 is 0 Å². The van der Waals surface area contributed by atoms with E-state index in [9.17, 15) is 9.00 Å². The van der Waals surface area contributed by atoms with E-state index in [-0.39, 0.29) is 11.9 Å². The smallest absolute Gasteiger partial charge is 0.251 e. The van der Waals surface area contributed by atoms with Gasteiger partial charge in [0.2, 0.25) is 0 Å². The maximum absolute atomic E-state index is 11.8. The number of hydrogen-bond donors (Lipinski definition) is 1. The van der Waals surface area contributed by atoms with Crippen molar-refractivity contribution in [1.82, 2.24) is 10.2 Å². The highest BCUT2D eigenvalue weighted by Crippen LogP contribution is 2.10. The summed E-state index contributed by atoms with van der Waals surface area (Å²) in [6.45, 7) is 6.55. The van der Waals surface area contributed by atoms with Crippen LogP contribution < -0.4 is 5.32 Å². The van der Waals surface area contributed by atoms with Crippen LogP contribution in [-0.4, -0.2) is 45.7 Å². The molecule has 20 heavy (non-hydrogen) atoms. The maximum atomic E-state index is 11.8. The number of nitrogens with one attached hydrogen (secondary N) is 1. The number of hydrogen-bond acceptors (Lipinski definition) is 3. The first-order chi connectivity index (χ1) is 9.54. The van der Waals surface area contributed by atoms with Crippen molar-refractivity contribution < 1.29 is 9.00 Å². The van der Waals surface area contributed by atoms with Gasteiger partial charge in [0.1, 0.15) is 0 Å². The Labute approximate surface area is 123 Å². The summed E-state index contributed by atoms with van der Waals surface area (Å²) in [5.74, 6) is 1.52. The number of nitrogens with zero attached hydrogens (tertiary/aromatic N) is 1. The summed E-state index contributed by atoms with van der Waals surface area (Å²) in [5.41, 5.74) is 1.89. The zero-order valence-corrected chi connectivity index (χ0v) is 12.9. The second-order valence-electron chi connectivity index (χ2n) is 5.45.